The normalized spacial score (nSPS) is 13.9. The molecule has 0 heterocycles. The number of hydrogen-bond donors (Lipinski definition) is 2. The number of allylic oxidation sites excluding steroid dienone is 1. The number of nitrogens with one attached hydrogen (secondary N) is 2. The molecule has 0 fully saturated rings. The molecule has 2 nitrogen and oxygen atoms in total. The van der Waals surface area contributed by atoms with Gasteiger partial charge in [-0.3, -0.25) is 0 Å². The van der Waals surface area contributed by atoms with Crippen LogP contribution in [-0.4, -0.2) is 26.2 Å². The van der Waals surface area contributed by atoms with Gasteiger partial charge in [0.05, 0.1) is 0 Å². The fraction of sp³-hybridized carbons (Fsp3) is 0.680. The van der Waals surface area contributed by atoms with Crippen molar-refractivity contribution in [2.24, 2.45) is 0 Å². The van der Waals surface area contributed by atoms with Gasteiger partial charge >= 0.3 is 72.2 Å². The van der Waals surface area contributed by atoms with Crippen LogP contribution in [0.15, 0.2) is 30.3 Å². The van der Waals surface area contributed by atoms with E-state index in [9.17, 15) is 0 Å². The zero-order valence-electron chi connectivity index (χ0n) is 19.0. The van der Waals surface area contributed by atoms with Gasteiger partial charge < -0.3 is 10.6 Å². The van der Waals surface area contributed by atoms with Gasteiger partial charge in [-0.1, -0.05) is 53.4 Å². The summed E-state index contributed by atoms with van der Waals surface area (Å²) in [5, 5.41) is 6.77. The average molecular weight is 422 g/mol. The second-order valence-corrected chi connectivity index (χ2v) is 8.35. The summed E-state index contributed by atoms with van der Waals surface area (Å²) in [5.41, 5.74) is 2.84. The van der Waals surface area contributed by atoms with Crippen LogP contribution in [0, 0.1) is 0 Å². The van der Waals surface area contributed by atoms with Gasteiger partial charge in [0.25, 0.3) is 0 Å². The molecule has 0 aromatic heterocycles. The number of fused-ring (bicyclic) bond motifs is 1. The SMILES string of the molecule is CCCCNCCCC.CCCCNCCCC.[Ti][CH]1C=Cc2ccccc21. The molecular weight excluding hydrogens is 376 g/mol. The summed E-state index contributed by atoms with van der Waals surface area (Å²) in [4.78, 5) is 0. The van der Waals surface area contributed by atoms with Crippen LogP contribution >= 0.6 is 0 Å². The third-order valence-electron chi connectivity index (χ3n) is 4.63. The standard InChI is InChI=1S/C9H7.2C8H19N.Ti/c1-2-5-9-7-3-6-8(9)4-1;2*1-3-5-7-9-8-6-4-2;/h1-7H;2*9H,3-8H2,1-2H3;. The first-order chi connectivity index (χ1) is 13.7. The maximum atomic E-state index is 3.39. The second-order valence-electron chi connectivity index (χ2n) is 7.38. The van der Waals surface area contributed by atoms with Crippen molar-refractivity contribution in [3.8, 4) is 0 Å². The van der Waals surface area contributed by atoms with Gasteiger partial charge in [-0.15, -0.1) is 0 Å². The van der Waals surface area contributed by atoms with Crippen LogP contribution in [0.25, 0.3) is 6.08 Å². The predicted molar refractivity (Wildman–Crippen MR) is 124 cm³/mol. The fourth-order valence-electron chi connectivity index (χ4n) is 2.71. The van der Waals surface area contributed by atoms with Crippen LogP contribution in [0.5, 0.6) is 0 Å². The van der Waals surface area contributed by atoms with E-state index in [2.05, 4.69) is 95.2 Å². The van der Waals surface area contributed by atoms with Crippen LogP contribution in [0.3, 0.4) is 0 Å². The van der Waals surface area contributed by atoms with Gasteiger partial charge in [-0.25, -0.2) is 0 Å². The van der Waals surface area contributed by atoms with Gasteiger partial charge in [-0.2, -0.15) is 0 Å². The van der Waals surface area contributed by atoms with Crippen molar-refractivity contribution in [3.05, 3.63) is 41.5 Å². The van der Waals surface area contributed by atoms with Crippen LogP contribution in [0.1, 0.15) is 94.4 Å². The molecule has 1 unspecified atom stereocenters. The molecule has 0 saturated heterocycles. The predicted octanol–water partition coefficient (Wildman–Crippen LogP) is 6.65. The Hall–Kier alpha value is -0.406. The molecule has 1 aromatic rings. The van der Waals surface area contributed by atoms with Gasteiger partial charge in [-0.05, 0) is 51.9 Å². The van der Waals surface area contributed by atoms with Crippen LogP contribution in [0.4, 0.5) is 0 Å². The van der Waals surface area contributed by atoms with E-state index in [1.807, 2.05) is 0 Å². The third-order valence-corrected chi connectivity index (χ3v) is 5.41. The van der Waals surface area contributed by atoms with Crippen LogP contribution in [-0.2, 0) is 20.4 Å². The van der Waals surface area contributed by atoms with E-state index in [0.29, 0.717) is 4.22 Å². The molecule has 1 aliphatic rings. The molecule has 3 heteroatoms. The van der Waals surface area contributed by atoms with Crippen LogP contribution < -0.4 is 10.6 Å². The molecule has 0 radical (unpaired) electrons. The molecule has 1 aliphatic carbocycles. The first-order valence-electron chi connectivity index (χ1n) is 11.6. The minimum absolute atomic E-state index is 0.621. The Balaban J connectivity index is 0.000000392. The fourth-order valence-corrected chi connectivity index (χ4v) is 3.27. The summed E-state index contributed by atoms with van der Waals surface area (Å²) in [6.45, 7) is 13.7. The van der Waals surface area contributed by atoms with Crippen molar-refractivity contribution in [2.75, 3.05) is 26.2 Å². The van der Waals surface area contributed by atoms with Gasteiger partial charge in [0, 0.05) is 0 Å². The van der Waals surface area contributed by atoms with Crippen molar-refractivity contribution >= 4 is 6.08 Å². The molecule has 2 rings (SSSR count). The first-order valence-corrected chi connectivity index (χ1v) is 12.5. The molecule has 0 saturated carbocycles. The number of unbranched alkanes of at least 4 members (excludes halogenated alkanes) is 4. The Morgan fingerprint density at radius 2 is 1.14 bits per heavy atom. The minimum atomic E-state index is 0.621. The number of rotatable bonds is 12. The molecule has 0 aliphatic heterocycles. The van der Waals surface area contributed by atoms with Crippen LogP contribution in [0.2, 0.25) is 0 Å². The summed E-state index contributed by atoms with van der Waals surface area (Å²) in [6.07, 6.45) is 14.9. The Kier molecular flexibility index (Phi) is 21.0. The van der Waals surface area contributed by atoms with E-state index in [0.717, 1.165) is 0 Å². The van der Waals surface area contributed by atoms with E-state index in [1.165, 1.54) is 88.7 Å². The van der Waals surface area contributed by atoms with Crippen molar-refractivity contribution in [2.45, 2.75) is 83.3 Å². The summed E-state index contributed by atoms with van der Waals surface area (Å²) >= 11 is 2.22. The van der Waals surface area contributed by atoms with E-state index in [4.69, 9.17) is 0 Å². The van der Waals surface area contributed by atoms with Gasteiger partial charge in [0.15, 0.2) is 0 Å². The summed E-state index contributed by atoms with van der Waals surface area (Å²) in [5.74, 6) is 0. The third kappa shape index (κ3) is 15.5. The van der Waals surface area contributed by atoms with Crippen molar-refractivity contribution in [3.63, 3.8) is 0 Å². The molecule has 1 aromatic carbocycles. The molecule has 0 bridgehead atoms. The number of hydrogen-bond acceptors (Lipinski definition) is 2. The maximum absolute atomic E-state index is 3.39. The molecule has 28 heavy (non-hydrogen) atoms. The molecule has 0 amide bonds. The Labute approximate surface area is 187 Å². The summed E-state index contributed by atoms with van der Waals surface area (Å²) in [6, 6.07) is 8.54. The monoisotopic (exact) mass is 421 g/mol. The molecule has 2 N–H and O–H groups in total. The van der Waals surface area contributed by atoms with E-state index in [-0.39, 0.29) is 0 Å². The molecule has 0 spiro atoms. The average Bonchev–Trinajstić information content (AvgIpc) is 3.10. The van der Waals surface area contributed by atoms with Crippen molar-refractivity contribution in [1.29, 1.82) is 0 Å². The second kappa shape index (κ2) is 21.3. The molecule has 1 atom stereocenters. The molecular formula is C25H45N2Ti. The van der Waals surface area contributed by atoms with Crippen molar-refractivity contribution in [1.82, 2.24) is 10.6 Å². The van der Waals surface area contributed by atoms with E-state index >= 15 is 0 Å². The Morgan fingerprint density at radius 1 is 0.714 bits per heavy atom. The van der Waals surface area contributed by atoms with Crippen molar-refractivity contribution < 1.29 is 20.4 Å². The summed E-state index contributed by atoms with van der Waals surface area (Å²) in [7, 11) is 0. The first kappa shape index (κ1) is 27.6. The quantitative estimate of drug-likeness (QED) is 0.291. The zero-order chi connectivity index (χ0) is 20.9. The molecule has 159 valence electrons. The summed E-state index contributed by atoms with van der Waals surface area (Å²) < 4.78 is 0.621. The Morgan fingerprint density at radius 3 is 1.54 bits per heavy atom. The van der Waals surface area contributed by atoms with Gasteiger partial charge in [0.1, 0.15) is 0 Å². The topological polar surface area (TPSA) is 24.1 Å². The zero-order valence-corrected chi connectivity index (χ0v) is 20.6. The van der Waals surface area contributed by atoms with Gasteiger partial charge in [0.2, 0.25) is 0 Å². The van der Waals surface area contributed by atoms with E-state index < -0.39 is 0 Å². The Bertz CT molecular complexity index is 447. The number of benzene rings is 1. The van der Waals surface area contributed by atoms with E-state index in [1.54, 1.807) is 0 Å².